The summed E-state index contributed by atoms with van der Waals surface area (Å²) in [5.41, 5.74) is 0.0396. The zero-order valence-electron chi connectivity index (χ0n) is 13.1. The van der Waals surface area contributed by atoms with Gasteiger partial charge in [0.25, 0.3) is 5.91 Å². The molecule has 2 rings (SSSR count). The van der Waals surface area contributed by atoms with Gasteiger partial charge in [-0.2, -0.15) is 0 Å². The fourth-order valence-electron chi connectivity index (χ4n) is 1.76. The summed E-state index contributed by atoms with van der Waals surface area (Å²) in [5, 5.41) is 4.49. The van der Waals surface area contributed by atoms with Gasteiger partial charge in [0.1, 0.15) is 5.76 Å². The molecule has 1 heterocycles. The predicted octanol–water partition coefficient (Wildman–Crippen LogP) is 1.78. The molecule has 0 saturated carbocycles. The van der Waals surface area contributed by atoms with Crippen molar-refractivity contribution in [1.29, 1.82) is 0 Å². The van der Waals surface area contributed by atoms with Crippen LogP contribution in [-0.2, 0) is 14.3 Å². The quantitative estimate of drug-likeness (QED) is 0.773. The first kappa shape index (κ1) is 18.1. The second-order valence-corrected chi connectivity index (χ2v) is 4.94. The smallest absolute Gasteiger partial charge is 0.374 e. The highest BCUT2D eigenvalue weighted by molar-refractivity contribution is 5.95. The first-order valence-electron chi connectivity index (χ1n) is 7.10. The van der Waals surface area contributed by atoms with Crippen LogP contribution in [0.2, 0.25) is 0 Å². The largest absolute Gasteiger partial charge is 0.454 e. The third-order valence-electron chi connectivity index (χ3n) is 2.93. The lowest BCUT2D eigenvalue weighted by Crippen LogP contribution is -2.35. The molecule has 0 bridgehead atoms. The molecule has 0 saturated heterocycles. The molecule has 132 valence electrons. The second kappa shape index (κ2) is 8.04. The van der Waals surface area contributed by atoms with Crippen LogP contribution in [0.1, 0.15) is 16.3 Å². The van der Waals surface area contributed by atoms with Gasteiger partial charge in [-0.05, 0) is 31.2 Å². The number of benzene rings is 1. The van der Waals surface area contributed by atoms with Gasteiger partial charge in [0.2, 0.25) is 11.7 Å². The first-order valence-corrected chi connectivity index (χ1v) is 7.10. The normalized spacial score (nSPS) is 10.2. The van der Waals surface area contributed by atoms with Crippen LogP contribution in [0.4, 0.5) is 14.5 Å². The molecule has 1 aromatic heterocycles. The minimum atomic E-state index is -1.11. The van der Waals surface area contributed by atoms with Gasteiger partial charge in [0, 0.05) is 11.8 Å². The summed E-state index contributed by atoms with van der Waals surface area (Å²) >= 11 is 0. The monoisotopic (exact) mass is 352 g/mol. The Morgan fingerprint density at radius 1 is 1.08 bits per heavy atom. The molecule has 2 aromatic rings. The number of hydrogen-bond acceptors (Lipinski definition) is 5. The maximum atomic E-state index is 13.0. The lowest BCUT2D eigenvalue weighted by molar-refractivity contribution is -0.126. The molecule has 7 nitrogen and oxygen atoms in total. The number of ether oxygens (including phenoxy) is 1. The second-order valence-electron chi connectivity index (χ2n) is 4.94. The first-order chi connectivity index (χ1) is 11.8. The Morgan fingerprint density at radius 2 is 1.84 bits per heavy atom. The number of furan rings is 1. The maximum Gasteiger partial charge on any atom is 0.374 e. The van der Waals surface area contributed by atoms with Crippen molar-refractivity contribution in [1.82, 2.24) is 5.32 Å². The van der Waals surface area contributed by atoms with Crippen LogP contribution in [0.15, 0.2) is 34.7 Å². The van der Waals surface area contributed by atoms with Gasteiger partial charge in [-0.25, -0.2) is 13.6 Å². The molecule has 2 N–H and O–H groups in total. The zero-order chi connectivity index (χ0) is 18.4. The van der Waals surface area contributed by atoms with E-state index in [0.717, 1.165) is 12.1 Å². The number of carbonyl (C=O) groups is 3. The van der Waals surface area contributed by atoms with E-state index in [1.807, 2.05) is 0 Å². The van der Waals surface area contributed by atoms with E-state index in [2.05, 4.69) is 10.6 Å². The maximum absolute atomic E-state index is 13.0. The molecule has 0 aliphatic rings. The molecule has 0 aliphatic carbocycles. The number of anilines is 1. The van der Waals surface area contributed by atoms with E-state index in [4.69, 9.17) is 9.15 Å². The molecule has 0 radical (unpaired) electrons. The Labute approximate surface area is 141 Å². The molecule has 0 atom stereocenters. The van der Waals surface area contributed by atoms with Gasteiger partial charge in [0.15, 0.2) is 18.2 Å². The SMILES string of the molecule is Cc1ccc(C(=O)OCC(=O)NCC(=O)Nc2ccc(F)c(F)c2)o1. The van der Waals surface area contributed by atoms with Crippen LogP contribution in [0.3, 0.4) is 0 Å². The lowest BCUT2D eigenvalue weighted by Gasteiger charge is -2.07. The zero-order valence-corrected chi connectivity index (χ0v) is 13.1. The van der Waals surface area contributed by atoms with E-state index in [0.29, 0.717) is 5.76 Å². The van der Waals surface area contributed by atoms with Gasteiger partial charge >= 0.3 is 5.97 Å². The third-order valence-corrected chi connectivity index (χ3v) is 2.93. The number of amides is 2. The number of rotatable bonds is 6. The molecule has 1 aromatic carbocycles. The highest BCUT2D eigenvalue weighted by Crippen LogP contribution is 2.12. The number of nitrogens with one attached hydrogen (secondary N) is 2. The molecule has 0 spiro atoms. The van der Waals surface area contributed by atoms with Crippen molar-refractivity contribution in [2.24, 2.45) is 0 Å². The van der Waals surface area contributed by atoms with E-state index in [1.165, 1.54) is 12.1 Å². The van der Waals surface area contributed by atoms with Crippen molar-refractivity contribution in [3.8, 4) is 0 Å². The Balaban J connectivity index is 1.72. The van der Waals surface area contributed by atoms with Crippen LogP contribution in [0.25, 0.3) is 0 Å². The summed E-state index contributed by atoms with van der Waals surface area (Å²) in [5.74, 6) is -3.85. The van der Waals surface area contributed by atoms with Crippen LogP contribution in [0, 0.1) is 18.6 Å². The molecule has 0 unspecified atom stereocenters. The van der Waals surface area contributed by atoms with E-state index in [1.54, 1.807) is 13.0 Å². The summed E-state index contributed by atoms with van der Waals surface area (Å²) in [6.45, 7) is 0.612. The fraction of sp³-hybridized carbons (Fsp3) is 0.188. The highest BCUT2D eigenvalue weighted by atomic mass is 19.2. The van der Waals surface area contributed by atoms with Crippen LogP contribution >= 0.6 is 0 Å². The number of carbonyl (C=O) groups excluding carboxylic acids is 3. The summed E-state index contributed by atoms with van der Waals surface area (Å²) in [6.07, 6.45) is 0. The number of esters is 1. The van der Waals surface area contributed by atoms with Crippen molar-refractivity contribution in [3.63, 3.8) is 0 Å². The lowest BCUT2D eigenvalue weighted by atomic mass is 10.3. The van der Waals surface area contributed by atoms with Crippen molar-refractivity contribution >= 4 is 23.5 Å². The molecule has 25 heavy (non-hydrogen) atoms. The van der Waals surface area contributed by atoms with Gasteiger partial charge in [-0.1, -0.05) is 0 Å². The van der Waals surface area contributed by atoms with Crippen molar-refractivity contribution in [2.75, 3.05) is 18.5 Å². The summed E-state index contributed by atoms with van der Waals surface area (Å²) in [7, 11) is 0. The standard InChI is InChI=1S/C16H14F2N2O5/c1-9-2-5-13(25-9)16(23)24-8-15(22)19-7-14(21)20-10-3-4-11(17)12(18)6-10/h2-6H,7-8H2,1H3,(H,19,22)(H,20,21). The molecular weight excluding hydrogens is 338 g/mol. The number of halogens is 2. The Bertz CT molecular complexity index is 804. The van der Waals surface area contributed by atoms with E-state index in [-0.39, 0.29) is 11.4 Å². The average molecular weight is 352 g/mol. The fourth-order valence-corrected chi connectivity index (χ4v) is 1.76. The molecular formula is C16H14F2N2O5. The number of aryl methyl sites for hydroxylation is 1. The van der Waals surface area contributed by atoms with Crippen LogP contribution in [0.5, 0.6) is 0 Å². The van der Waals surface area contributed by atoms with Crippen LogP contribution < -0.4 is 10.6 Å². The summed E-state index contributed by atoms with van der Waals surface area (Å²) in [6, 6.07) is 5.82. The number of hydrogen-bond donors (Lipinski definition) is 2. The van der Waals surface area contributed by atoms with Crippen LogP contribution in [-0.4, -0.2) is 30.9 Å². The third kappa shape index (κ3) is 5.41. The molecule has 9 heteroatoms. The van der Waals surface area contributed by atoms with Gasteiger partial charge in [0.05, 0.1) is 6.54 Å². The minimum Gasteiger partial charge on any atom is -0.454 e. The summed E-state index contributed by atoms with van der Waals surface area (Å²) in [4.78, 5) is 34.7. The Hall–Kier alpha value is -3.23. The van der Waals surface area contributed by atoms with Crippen molar-refractivity contribution < 1.29 is 32.3 Å². The van der Waals surface area contributed by atoms with Gasteiger partial charge in [-0.15, -0.1) is 0 Å². The summed E-state index contributed by atoms with van der Waals surface area (Å²) < 4.78 is 35.5. The van der Waals surface area contributed by atoms with Gasteiger partial charge < -0.3 is 19.8 Å². The average Bonchev–Trinajstić information content (AvgIpc) is 3.00. The molecule has 2 amide bonds. The Morgan fingerprint density at radius 3 is 2.48 bits per heavy atom. The van der Waals surface area contributed by atoms with E-state index < -0.39 is 42.6 Å². The van der Waals surface area contributed by atoms with E-state index >= 15 is 0 Å². The topological polar surface area (TPSA) is 97.6 Å². The predicted molar refractivity (Wildman–Crippen MR) is 81.7 cm³/mol. The van der Waals surface area contributed by atoms with Crippen molar-refractivity contribution in [2.45, 2.75) is 6.92 Å². The minimum absolute atomic E-state index is 0.0396. The van der Waals surface area contributed by atoms with Crippen molar-refractivity contribution in [3.05, 3.63) is 53.5 Å². The highest BCUT2D eigenvalue weighted by Gasteiger charge is 2.14. The van der Waals surface area contributed by atoms with Gasteiger partial charge in [-0.3, -0.25) is 9.59 Å². The Kier molecular flexibility index (Phi) is 5.83. The molecule has 0 fully saturated rings. The molecule has 0 aliphatic heterocycles. The van der Waals surface area contributed by atoms with E-state index in [9.17, 15) is 23.2 Å².